The third-order valence-electron chi connectivity index (χ3n) is 5.26. The van der Waals surface area contributed by atoms with Crippen LogP contribution in [0, 0.1) is 0 Å². The monoisotopic (exact) mass is 345 g/mol. The van der Waals surface area contributed by atoms with Gasteiger partial charge in [0.15, 0.2) is 0 Å². The Morgan fingerprint density at radius 1 is 1.12 bits per heavy atom. The number of hydrogen-bond donors (Lipinski definition) is 1. The normalized spacial score (nSPS) is 22.1. The number of likely N-dealkylation sites (tertiary alicyclic amines) is 2. The average molecular weight is 345 g/mol. The van der Waals surface area contributed by atoms with Gasteiger partial charge in [0.2, 0.25) is 5.91 Å². The molecule has 0 aromatic heterocycles. The van der Waals surface area contributed by atoms with Gasteiger partial charge in [0.05, 0.1) is 12.6 Å². The number of nitrogens with zero attached hydrogens (tertiary/aromatic N) is 2. The van der Waals surface area contributed by atoms with Crippen LogP contribution in [0.25, 0.3) is 0 Å². The first-order chi connectivity index (χ1) is 12.1. The predicted octanol–water partition coefficient (Wildman–Crippen LogP) is 1.64. The SMILES string of the molecule is CCOc1ccc(C(=O)N2CCC(N3CCC[C@@H]3C(N)=O)CC2)cc1. The van der Waals surface area contributed by atoms with E-state index in [1.807, 2.05) is 36.1 Å². The van der Waals surface area contributed by atoms with Crippen molar-refractivity contribution in [2.24, 2.45) is 5.73 Å². The van der Waals surface area contributed by atoms with Crippen molar-refractivity contribution in [1.82, 2.24) is 9.80 Å². The largest absolute Gasteiger partial charge is 0.494 e. The summed E-state index contributed by atoms with van der Waals surface area (Å²) in [7, 11) is 0. The maximum atomic E-state index is 12.7. The van der Waals surface area contributed by atoms with Crippen molar-refractivity contribution in [1.29, 1.82) is 0 Å². The Labute approximate surface area is 148 Å². The van der Waals surface area contributed by atoms with Crippen LogP contribution in [0.4, 0.5) is 0 Å². The highest BCUT2D eigenvalue weighted by Gasteiger charge is 2.36. The summed E-state index contributed by atoms with van der Waals surface area (Å²) in [5.41, 5.74) is 6.22. The highest BCUT2D eigenvalue weighted by molar-refractivity contribution is 5.94. The summed E-state index contributed by atoms with van der Waals surface area (Å²) in [4.78, 5) is 28.4. The molecule has 1 aromatic rings. The number of benzene rings is 1. The van der Waals surface area contributed by atoms with E-state index in [9.17, 15) is 9.59 Å². The fraction of sp³-hybridized carbons (Fsp3) is 0.579. The zero-order valence-electron chi connectivity index (χ0n) is 14.8. The molecule has 0 bridgehead atoms. The molecule has 0 radical (unpaired) electrons. The van der Waals surface area contributed by atoms with Crippen LogP contribution in [-0.4, -0.2) is 59.9 Å². The molecule has 1 aromatic carbocycles. The van der Waals surface area contributed by atoms with Gasteiger partial charge in [-0.1, -0.05) is 0 Å². The summed E-state index contributed by atoms with van der Waals surface area (Å²) >= 11 is 0. The van der Waals surface area contributed by atoms with E-state index in [-0.39, 0.29) is 17.9 Å². The minimum Gasteiger partial charge on any atom is -0.494 e. The highest BCUT2D eigenvalue weighted by atomic mass is 16.5. The molecule has 6 heteroatoms. The van der Waals surface area contributed by atoms with E-state index in [1.165, 1.54) is 0 Å². The van der Waals surface area contributed by atoms with Crippen molar-refractivity contribution < 1.29 is 14.3 Å². The van der Waals surface area contributed by atoms with Gasteiger partial charge < -0.3 is 15.4 Å². The smallest absolute Gasteiger partial charge is 0.253 e. The number of carbonyl (C=O) groups is 2. The van der Waals surface area contributed by atoms with Crippen LogP contribution >= 0.6 is 0 Å². The Morgan fingerprint density at radius 3 is 2.40 bits per heavy atom. The lowest BCUT2D eigenvalue weighted by Gasteiger charge is -2.38. The van der Waals surface area contributed by atoms with Crippen molar-refractivity contribution in [3.05, 3.63) is 29.8 Å². The zero-order chi connectivity index (χ0) is 17.8. The van der Waals surface area contributed by atoms with E-state index in [4.69, 9.17) is 10.5 Å². The van der Waals surface area contributed by atoms with Crippen molar-refractivity contribution in [2.75, 3.05) is 26.2 Å². The Bertz CT molecular complexity index is 609. The molecule has 2 aliphatic heterocycles. The van der Waals surface area contributed by atoms with E-state index in [0.717, 1.165) is 51.1 Å². The van der Waals surface area contributed by atoms with Crippen LogP contribution in [0.15, 0.2) is 24.3 Å². The fourth-order valence-corrected chi connectivity index (χ4v) is 3.98. The quantitative estimate of drug-likeness (QED) is 0.880. The third kappa shape index (κ3) is 3.95. The third-order valence-corrected chi connectivity index (χ3v) is 5.26. The molecule has 0 spiro atoms. The van der Waals surface area contributed by atoms with Crippen LogP contribution in [0.5, 0.6) is 5.75 Å². The second-order valence-corrected chi connectivity index (χ2v) is 6.78. The van der Waals surface area contributed by atoms with Gasteiger partial charge in [-0.05, 0) is 63.4 Å². The summed E-state index contributed by atoms with van der Waals surface area (Å²) < 4.78 is 5.42. The van der Waals surface area contributed by atoms with E-state index < -0.39 is 0 Å². The minimum atomic E-state index is -0.217. The highest BCUT2D eigenvalue weighted by Crippen LogP contribution is 2.26. The van der Waals surface area contributed by atoms with Crippen molar-refractivity contribution >= 4 is 11.8 Å². The van der Waals surface area contributed by atoms with Crippen molar-refractivity contribution in [2.45, 2.75) is 44.7 Å². The first-order valence-corrected chi connectivity index (χ1v) is 9.17. The van der Waals surface area contributed by atoms with E-state index in [0.29, 0.717) is 18.2 Å². The number of piperidine rings is 1. The molecule has 0 unspecified atom stereocenters. The van der Waals surface area contributed by atoms with Crippen LogP contribution in [0.3, 0.4) is 0 Å². The molecule has 6 nitrogen and oxygen atoms in total. The topological polar surface area (TPSA) is 75.9 Å². The molecule has 2 N–H and O–H groups in total. The number of nitrogens with two attached hydrogens (primary N) is 1. The number of hydrogen-bond acceptors (Lipinski definition) is 4. The molecule has 0 saturated carbocycles. The Hall–Kier alpha value is -2.08. The molecule has 2 aliphatic rings. The number of ether oxygens (including phenoxy) is 1. The summed E-state index contributed by atoms with van der Waals surface area (Å²) in [5.74, 6) is 0.629. The summed E-state index contributed by atoms with van der Waals surface area (Å²) in [6, 6.07) is 7.55. The Morgan fingerprint density at radius 2 is 1.80 bits per heavy atom. The molecule has 2 amide bonds. The predicted molar refractivity (Wildman–Crippen MR) is 95.5 cm³/mol. The second-order valence-electron chi connectivity index (χ2n) is 6.78. The summed E-state index contributed by atoms with van der Waals surface area (Å²) in [6.45, 7) is 4.93. The standard InChI is InChI=1S/C19H27N3O3/c1-2-25-16-7-5-14(6-8-16)19(24)21-12-9-15(10-13-21)22-11-3-4-17(22)18(20)23/h5-8,15,17H,2-4,9-13H2,1H3,(H2,20,23)/t17-/m1/s1. The van der Waals surface area contributed by atoms with Crippen LogP contribution in [-0.2, 0) is 4.79 Å². The molecular weight excluding hydrogens is 318 g/mol. The van der Waals surface area contributed by atoms with Crippen LogP contribution < -0.4 is 10.5 Å². The lowest BCUT2D eigenvalue weighted by atomic mass is 10.0. The van der Waals surface area contributed by atoms with Gasteiger partial charge in [0.1, 0.15) is 5.75 Å². The maximum Gasteiger partial charge on any atom is 0.253 e. The molecule has 1 atom stereocenters. The summed E-state index contributed by atoms with van der Waals surface area (Å²) in [5, 5.41) is 0. The number of rotatable bonds is 5. The van der Waals surface area contributed by atoms with Gasteiger partial charge in [-0.15, -0.1) is 0 Å². The van der Waals surface area contributed by atoms with Gasteiger partial charge in [-0.25, -0.2) is 0 Å². The Kier molecular flexibility index (Phi) is 5.58. The maximum absolute atomic E-state index is 12.7. The molecular formula is C19H27N3O3. The second kappa shape index (κ2) is 7.87. The molecule has 2 fully saturated rings. The molecule has 0 aliphatic carbocycles. The van der Waals surface area contributed by atoms with E-state index in [2.05, 4.69) is 4.90 Å². The first-order valence-electron chi connectivity index (χ1n) is 9.17. The van der Waals surface area contributed by atoms with Gasteiger partial charge >= 0.3 is 0 Å². The van der Waals surface area contributed by atoms with Gasteiger partial charge in [0, 0.05) is 24.7 Å². The van der Waals surface area contributed by atoms with Gasteiger partial charge in [-0.3, -0.25) is 14.5 Å². The number of primary amides is 1. The van der Waals surface area contributed by atoms with E-state index in [1.54, 1.807) is 0 Å². The zero-order valence-corrected chi connectivity index (χ0v) is 14.8. The Balaban J connectivity index is 1.56. The molecule has 2 heterocycles. The molecule has 3 rings (SSSR count). The van der Waals surface area contributed by atoms with E-state index >= 15 is 0 Å². The van der Waals surface area contributed by atoms with Crippen LogP contribution in [0.1, 0.15) is 43.0 Å². The molecule has 25 heavy (non-hydrogen) atoms. The number of amides is 2. The van der Waals surface area contributed by atoms with Crippen molar-refractivity contribution in [3.63, 3.8) is 0 Å². The van der Waals surface area contributed by atoms with Crippen LogP contribution in [0.2, 0.25) is 0 Å². The lowest BCUT2D eigenvalue weighted by molar-refractivity contribution is -0.123. The molecule has 136 valence electrons. The van der Waals surface area contributed by atoms with Gasteiger partial charge in [-0.2, -0.15) is 0 Å². The lowest BCUT2D eigenvalue weighted by Crippen LogP contribution is -2.51. The van der Waals surface area contributed by atoms with Crippen molar-refractivity contribution in [3.8, 4) is 5.75 Å². The molecule has 2 saturated heterocycles. The fourth-order valence-electron chi connectivity index (χ4n) is 3.98. The average Bonchev–Trinajstić information content (AvgIpc) is 3.12. The summed E-state index contributed by atoms with van der Waals surface area (Å²) in [6.07, 6.45) is 3.68. The number of carbonyl (C=O) groups excluding carboxylic acids is 2. The minimum absolute atomic E-state index is 0.0642. The van der Waals surface area contributed by atoms with Gasteiger partial charge in [0.25, 0.3) is 5.91 Å². The first kappa shape index (κ1) is 17.7.